The highest BCUT2D eigenvalue weighted by Gasteiger charge is 2.16. The predicted octanol–water partition coefficient (Wildman–Crippen LogP) is 3.22. The quantitative estimate of drug-likeness (QED) is 0.541. The molecule has 0 saturated heterocycles. The number of para-hydroxylation sites is 1. The molecule has 0 radical (unpaired) electrons. The molecule has 0 aliphatic heterocycles. The third-order valence-electron chi connectivity index (χ3n) is 4.37. The Kier molecular flexibility index (Phi) is 5.43. The van der Waals surface area contributed by atoms with Crippen LogP contribution in [0.5, 0.6) is 11.5 Å². The van der Waals surface area contributed by atoms with Gasteiger partial charge in [0.15, 0.2) is 11.5 Å². The molecule has 6 heteroatoms. The number of aromatic carboxylic acids is 1. The molecule has 0 unspecified atom stereocenters. The maximum Gasteiger partial charge on any atom is 0.352 e. The van der Waals surface area contributed by atoms with Gasteiger partial charge in [-0.25, -0.2) is 4.79 Å². The molecular formula is C20H22N2O4. The minimum atomic E-state index is -0.946. The lowest BCUT2D eigenvalue weighted by atomic mass is 10.1. The number of carboxylic acids is 1. The Morgan fingerprint density at radius 1 is 1.12 bits per heavy atom. The van der Waals surface area contributed by atoms with E-state index in [0.29, 0.717) is 24.6 Å². The van der Waals surface area contributed by atoms with E-state index in [9.17, 15) is 9.90 Å². The summed E-state index contributed by atoms with van der Waals surface area (Å²) in [4.78, 5) is 14.5. The number of nitrogens with one attached hydrogen (secondary N) is 2. The third-order valence-corrected chi connectivity index (χ3v) is 4.37. The molecule has 3 aromatic rings. The van der Waals surface area contributed by atoms with Crippen LogP contribution < -0.4 is 14.8 Å². The van der Waals surface area contributed by atoms with Crippen molar-refractivity contribution in [1.29, 1.82) is 0 Å². The highest BCUT2D eigenvalue weighted by Crippen LogP contribution is 2.27. The van der Waals surface area contributed by atoms with Crippen LogP contribution in [0, 0.1) is 0 Å². The van der Waals surface area contributed by atoms with Crippen LogP contribution in [0.2, 0.25) is 0 Å². The molecule has 0 bridgehead atoms. The lowest BCUT2D eigenvalue weighted by Gasteiger charge is -2.10. The molecule has 3 N–H and O–H groups in total. The normalized spacial score (nSPS) is 10.8. The second kappa shape index (κ2) is 7.93. The summed E-state index contributed by atoms with van der Waals surface area (Å²) in [6.45, 7) is 1.20. The van der Waals surface area contributed by atoms with E-state index >= 15 is 0 Å². The van der Waals surface area contributed by atoms with Crippen LogP contribution >= 0.6 is 0 Å². The zero-order valence-corrected chi connectivity index (χ0v) is 14.8. The van der Waals surface area contributed by atoms with Crippen LogP contribution in [-0.2, 0) is 13.0 Å². The van der Waals surface area contributed by atoms with E-state index in [1.807, 2.05) is 42.5 Å². The summed E-state index contributed by atoms with van der Waals surface area (Å²) in [5.41, 5.74) is 2.97. The Balaban J connectivity index is 1.66. The average Bonchev–Trinajstić information content (AvgIpc) is 3.04. The van der Waals surface area contributed by atoms with Crippen molar-refractivity contribution in [3.05, 3.63) is 59.3 Å². The smallest absolute Gasteiger partial charge is 0.352 e. The number of methoxy groups -OCH3 is 2. The fourth-order valence-corrected chi connectivity index (χ4v) is 3.05. The third kappa shape index (κ3) is 3.65. The molecule has 6 nitrogen and oxygen atoms in total. The van der Waals surface area contributed by atoms with E-state index in [0.717, 1.165) is 28.5 Å². The average molecular weight is 354 g/mol. The number of rotatable bonds is 8. The van der Waals surface area contributed by atoms with Crippen molar-refractivity contribution < 1.29 is 19.4 Å². The van der Waals surface area contributed by atoms with Crippen LogP contribution in [-0.4, -0.2) is 36.8 Å². The number of aromatic amines is 1. The van der Waals surface area contributed by atoms with Gasteiger partial charge in [-0.1, -0.05) is 24.3 Å². The minimum Gasteiger partial charge on any atom is -0.493 e. The lowest BCUT2D eigenvalue weighted by Crippen LogP contribution is -2.18. The van der Waals surface area contributed by atoms with Crippen molar-refractivity contribution in [1.82, 2.24) is 10.3 Å². The molecule has 0 atom stereocenters. The number of fused-ring (bicyclic) bond motifs is 1. The summed E-state index contributed by atoms with van der Waals surface area (Å²) in [6.07, 6.45) is 0.797. The molecule has 1 aromatic heterocycles. The van der Waals surface area contributed by atoms with Crippen LogP contribution in [0.15, 0.2) is 42.5 Å². The number of benzene rings is 2. The van der Waals surface area contributed by atoms with Crippen molar-refractivity contribution in [2.45, 2.75) is 13.0 Å². The van der Waals surface area contributed by atoms with Gasteiger partial charge >= 0.3 is 5.97 Å². The van der Waals surface area contributed by atoms with Crippen LogP contribution in [0.1, 0.15) is 21.6 Å². The molecule has 136 valence electrons. The van der Waals surface area contributed by atoms with Gasteiger partial charge in [0, 0.05) is 23.0 Å². The van der Waals surface area contributed by atoms with Crippen molar-refractivity contribution in [2.24, 2.45) is 0 Å². The molecule has 1 heterocycles. The number of hydrogen-bond donors (Lipinski definition) is 3. The maximum atomic E-state index is 11.5. The molecular weight excluding hydrogens is 332 g/mol. The summed E-state index contributed by atoms with van der Waals surface area (Å²) in [6, 6.07) is 13.5. The molecule has 0 aliphatic rings. The summed E-state index contributed by atoms with van der Waals surface area (Å²) in [5.74, 6) is 0.460. The first-order chi connectivity index (χ1) is 12.6. The van der Waals surface area contributed by atoms with Crippen molar-refractivity contribution in [2.75, 3.05) is 20.8 Å². The molecule has 0 fully saturated rings. The van der Waals surface area contributed by atoms with Crippen molar-refractivity contribution in [3.8, 4) is 11.5 Å². The topological polar surface area (TPSA) is 83.6 Å². The Morgan fingerprint density at radius 3 is 2.62 bits per heavy atom. The largest absolute Gasteiger partial charge is 0.493 e. The summed E-state index contributed by atoms with van der Waals surface area (Å²) in [7, 11) is 3.23. The molecule has 3 rings (SSSR count). The highest BCUT2D eigenvalue weighted by atomic mass is 16.5. The van der Waals surface area contributed by atoms with Gasteiger partial charge in [0.2, 0.25) is 0 Å². The Morgan fingerprint density at radius 2 is 1.88 bits per heavy atom. The Hall–Kier alpha value is -2.99. The number of carboxylic acid groups (broad SMARTS) is 1. The van der Waals surface area contributed by atoms with E-state index in [1.165, 1.54) is 0 Å². The number of H-pyrrole nitrogens is 1. The summed E-state index contributed by atoms with van der Waals surface area (Å²) in [5, 5.41) is 13.7. The van der Waals surface area contributed by atoms with E-state index in [1.54, 1.807) is 14.2 Å². The van der Waals surface area contributed by atoms with Gasteiger partial charge in [0.1, 0.15) is 5.69 Å². The van der Waals surface area contributed by atoms with Crippen molar-refractivity contribution in [3.63, 3.8) is 0 Å². The molecule has 0 saturated carbocycles. The molecule has 0 amide bonds. The standard InChI is InChI=1S/C20H22N2O4/c1-25-17-8-7-13(11-18(17)26-2)9-10-21-12-15-14-5-3-4-6-16(14)22-19(15)20(23)24/h3-8,11,21-22H,9-10,12H2,1-2H3,(H,23,24). The zero-order valence-electron chi connectivity index (χ0n) is 14.8. The number of aromatic nitrogens is 1. The second-order valence-corrected chi connectivity index (χ2v) is 5.95. The SMILES string of the molecule is COc1ccc(CCNCc2c(C(=O)O)[nH]c3ccccc23)cc1OC. The van der Waals surface area contributed by atoms with E-state index in [2.05, 4.69) is 10.3 Å². The number of hydrogen-bond acceptors (Lipinski definition) is 4. The Labute approximate surface area is 151 Å². The molecule has 0 aliphatic carbocycles. The zero-order chi connectivity index (χ0) is 18.5. The van der Waals surface area contributed by atoms with E-state index < -0.39 is 5.97 Å². The second-order valence-electron chi connectivity index (χ2n) is 5.95. The van der Waals surface area contributed by atoms with Gasteiger partial charge in [-0.2, -0.15) is 0 Å². The van der Waals surface area contributed by atoms with Crippen LogP contribution in [0.3, 0.4) is 0 Å². The van der Waals surface area contributed by atoms with E-state index in [-0.39, 0.29) is 5.69 Å². The van der Waals surface area contributed by atoms with Gasteiger partial charge in [0.25, 0.3) is 0 Å². The lowest BCUT2D eigenvalue weighted by molar-refractivity contribution is 0.0690. The van der Waals surface area contributed by atoms with E-state index in [4.69, 9.17) is 9.47 Å². The number of carbonyl (C=O) groups is 1. The molecule has 26 heavy (non-hydrogen) atoms. The van der Waals surface area contributed by atoms with Gasteiger partial charge in [0.05, 0.1) is 14.2 Å². The number of ether oxygens (including phenoxy) is 2. The van der Waals surface area contributed by atoms with Crippen LogP contribution in [0.4, 0.5) is 0 Å². The monoisotopic (exact) mass is 354 g/mol. The Bertz CT molecular complexity index is 917. The van der Waals surface area contributed by atoms with Gasteiger partial charge < -0.3 is 24.9 Å². The first-order valence-corrected chi connectivity index (χ1v) is 8.38. The van der Waals surface area contributed by atoms with Crippen LogP contribution in [0.25, 0.3) is 10.9 Å². The molecule has 2 aromatic carbocycles. The minimum absolute atomic E-state index is 0.241. The van der Waals surface area contributed by atoms with Crippen molar-refractivity contribution >= 4 is 16.9 Å². The summed E-state index contributed by atoms with van der Waals surface area (Å²) < 4.78 is 10.6. The molecule has 0 spiro atoms. The van der Waals surface area contributed by atoms with Gasteiger partial charge in [-0.3, -0.25) is 0 Å². The fraction of sp³-hybridized carbons (Fsp3) is 0.250. The summed E-state index contributed by atoms with van der Waals surface area (Å²) >= 11 is 0. The van der Waals surface area contributed by atoms with Gasteiger partial charge in [-0.15, -0.1) is 0 Å². The first-order valence-electron chi connectivity index (χ1n) is 8.38. The van der Waals surface area contributed by atoms with Gasteiger partial charge in [-0.05, 0) is 36.7 Å². The highest BCUT2D eigenvalue weighted by molar-refractivity contribution is 5.97. The predicted molar refractivity (Wildman–Crippen MR) is 100 cm³/mol. The fourth-order valence-electron chi connectivity index (χ4n) is 3.05. The first kappa shape index (κ1) is 17.8. The maximum absolute atomic E-state index is 11.5.